The normalized spacial score (nSPS) is 27.3. The predicted molar refractivity (Wildman–Crippen MR) is 60.4 cm³/mol. The van der Waals surface area contributed by atoms with E-state index < -0.39 is 0 Å². The number of benzene rings is 1. The van der Waals surface area contributed by atoms with Gasteiger partial charge in [0, 0.05) is 18.4 Å². The molecule has 2 heteroatoms. The van der Waals surface area contributed by atoms with Gasteiger partial charge in [-0.3, -0.25) is 0 Å². The highest BCUT2D eigenvalue weighted by molar-refractivity contribution is 5.59. The van der Waals surface area contributed by atoms with Crippen molar-refractivity contribution in [3.63, 3.8) is 0 Å². The van der Waals surface area contributed by atoms with Crippen LogP contribution in [0.15, 0.2) is 42.3 Å². The fourth-order valence-corrected chi connectivity index (χ4v) is 2.40. The molecule has 2 aliphatic rings. The third-order valence-electron chi connectivity index (χ3n) is 3.20. The van der Waals surface area contributed by atoms with Gasteiger partial charge in [0.15, 0.2) is 5.88 Å². The van der Waals surface area contributed by atoms with Gasteiger partial charge in [-0.1, -0.05) is 36.4 Å². The number of hydrogen-bond acceptors (Lipinski definition) is 2. The zero-order valence-corrected chi connectivity index (χ0v) is 8.35. The van der Waals surface area contributed by atoms with Gasteiger partial charge in [0.25, 0.3) is 0 Å². The molecule has 0 fully saturated rings. The molecule has 1 aromatic carbocycles. The molecule has 1 aromatic rings. The van der Waals surface area contributed by atoms with Crippen molar-refractivity contribution in [1.29, 1.82) is 0 Å². The summed E-state index contributed by atoms with van der Waals surface area (Å²) >= 11 is 0. The first kappa shape index (κ1) is 8.60. The molecule has 0 bridgehead atoms. The van der Waals surface area contributed by atoms with Crippen molar-refractivity contribution >= 4 is 6.08 Å². The Morgan fingerprint density at radius 2 is 2.13 bits per heavy atom. The van der Waals surface area contributed by atoms with Crippen LogP contribution in [0.4, 0.5) is 0 Å². The van der Waals surface area contributed by atoms with Crippen LogP contribution in [0.25, 0.3) is 6.08 Å². The average molecular weight is 199 g/mol. The third kappa shape index (κ3) is 1.33. The van der Waals surface area contributed by atoms with Gasteiger partial charge < -0.3 is 10.4 Å². The zero-order chi connectivity index (χ0) is 10.3. The quantitative estimate of drug-likeness (QED) is 0.672. The van der Waals surface area contributed by atoms with E-state index >= 15 is 0 Å². The highest BCUT2D eigenvalue weighted by Crippen LogP contribution is 2.36. The minimum Gasteiger partial charge on any atom is -0.495 e. The van der Waals surface area contributed by atoms with Crippen LogP contribution >= 0.6 is 0 Å². The lowest BCUT2D eigenvalue weighted by Gasteiger charge is -2.31. The molecule has 1 heterocycles. The van der Waals surface area contributed by atoms with E-state index in [4.69, 9.17) is 0 Å². The number of fused-ring (bicyclic) bond motifs is 3. The SMILES string of the molecule is OC1=CC2c3ccccc3C=CC2CN1. The Hall–Kier alpha value is -1.70. The Kier molecular flexibility index (Phi) is 1.81. The summed E-state index contributed by atoms with van der Waals surface area (Å²) < 4.78 is 0. The van der Waals surface area contributed by atoms with Crippen LogP contribution in [0.5, 0.6) is 0 Å². The Balaban J connectivity index is 2.12. The third-order valence-corrected chi connectivity index (χ3v) is 3.20. The molecule has 2 nitrogen and oxygen atoms in total. The largest absolute Gasteiger partial charge is 0.495 e. The van der Waals surface area contributed by atoms with Gasteiger partial charge in [-0.25, -0.2) is 0 Å². The Bertz CT molecular complexity index is 448. The predicted octanol–water partition coefficient (Wildman–Crippen LogP) is 2.42. The van der Waals surface area contributed by atoms with Crippen LogP contribution in [-0.2, 0) is 0 Å². The van der Waals surface area contributed by atoms with Crippen molar-refractivity contribution in [1.82, 2.24) is 5.32 Å². The smallest absolute Gasteiger partial charge is 0.180 e. The van der Waals surface area contributed by atoms with Crippen LogP contribution in [0, 0.1) is 5.92 Å². The van der Waals surface area contributed by atoms with E-state index in [-0.39, 0.29) is 0 Å². The van der Waals surface area contributed by atoms with Gasteiger partial charge in [-0.05, 0) is 17.2 Å². The van der Waals surface area contributed by atoms with Gasteiger partial charge in [0.1, 0.15) is 0 Å². The molecule has 0 saturated carbocycles. The molecule has 2 N–H and O–H groups in total. The standard InChI is InChI=1S/C13H13NO/c15-13-7-12-10(8-14-13)6-5-9-3-1-2-4-11(9)12/h1-7,10,12,14-15H,8H2. The molecular formula is C13H13NO. The van der Waals surface area contributed by atoms with Crippen LogP contribution in [0.2, 0.25) is 0 Å². The van der Waals surface area contributed by atoms with Gasteiger partial charge in [-0.15, -0.1) is 0 Å². The molecule has 0 spiro atoms. The Morgan fingerprint density at radius 3 is 3.07 bits per heavy atom. The summed E-state index contributed by atoms with van der Waals surface area (Å²) in [6.07, 6.45) is 6.31. The highest BCUT2D eigenvalue weighted by Gasteiger charge is 2.27. The zero-order valence-electron chi connectivity index (χ0n) is 8.35. The number of rotatable bonds is 0. The number of nitrogens with one attached hydrogen (secondary N) is 1. The molecule has 2 atom stereocenters. The first-order valence-corrected chi connectivity index (χ1v) is 5.26. The van der Waals surface area contributed by atoms with E-state index in [0.29, 0.717) is 17.7 Å². The fraction of sp³-hybridized carbons (Fsp3) is 0.231. The molecule has 15 heavy (non-hydrogen) atoms. The second-order valence-electron chi connectivity index (χ2n) is 4.11. The molecule has 3 rings (SSSR count). The van der Waals surface area contributed by atoms with E-state index in [1.807, 2.05) is 12.1 Å². The maximum Gasteiger partial charge on any atom is 0.180 e. The van der Waals surface area contributed by atoms with Crippen molar-refractivity contribution < 1.29 is 5.11 Å². The summed E-state index contributed by atoms with van der Waals surface area (Å²) in [4.78, 5) is 0. The number of aliphatic hydroxyl groups is 1. The monoisotopic (exact) mass is 199 g/mol. The minimum atomic E-state index is 0.307. The van der Waals surface area contributed by atoms with E-state index in [1.165, 1.54) is 11.1 Å². The van der Waals surface area contributed by atoms with Crippen LogP contribution in [0.3, 0.4) is 0 Å². The highest BCUT2D eigenvalue weighted by atomic mass is 16.3. The lowest BCUT2D eigenvalue weighted by molar-refractivity contribution is 0.325. The molecule has 1 aliphatic carbocycles. The average Bonchev–Trinajstić information content (AvgIpc) is 2.29. The van der Waals surface area contributed by atoms with Gasteiger partial charge >= 0.3 is 0 Å². The maximum absolute atomic E-state index is 9.50. The first-order chi connectivity index (χ1) is 7.34. The number of allylic oxidation sites excluding steroid dienone is 1. The molecule has 0 saturated heterocycles. The van der Waals surface area contributed by atoms with Gasteiger partial charge in [0.05, 0.1) is 0 Å². The van der Waals surface area contributed by atoms with Crippen molar-refractivity contribution in [2.75, 3.05) is 6.54 Å². The van der Waals surface area contributed by atoms with Crippen LogP contribution in [0.1, 0.15) is 17.0 Å². The van der Waals surface area contributed by atoms with Crippen LogP contribution in [-0.4, -0.2) is 11.7 Å². The van der Waals surface area contributed by atoms with E-state index in [2.05, 4.69) is 35.7 Å². The van der Waals surface area contributed by atoms with Crippen molar-refractivity contribution in [3.05, 3.63) is 53.4 Å². The first-order valence-electron chi connectivity index (χ1n) is 5.26. The Labute approximate surface area is 88.9 Å². The molecule has 2 unspecified atom stereocenters. The lowest BCUT2D eigenvalue weighted by Crippen LogP contribution is -2.31. The Morgan fingerprint density at radius 1 is 1.27 bits per heavy atom. The summed E-state index contributed by atoms with van der Waals surface area (Å²) in [5.74, 6) is 1.10. The van der Waals surface area contributed by atoms with Gasteiger partial charge in [0.2, 0.25) is 0 Å². The van der Waals surface area contributed by atoms with E-state index in [1.54, 1.807) is 0 Å². The van der Waals surface area contributed by atoms with Gasteiger partial charge in [-0.2, -0.15) is 0 Å². The molecule has 76 valence electrons. The summed E-state index contributed by atoms with van der Waals surface area (Å²) in [6, 6.07) is 8.37. The second kappa shape index (κ2) is 3.16. The van der Waals surface area contributed by atoms with Crippen LogP contribution < -0.4 is 5.32 Å². The summed E-state index contributed by atoms with van der Waals surface area (Å²) in [5, 5.41) is 12.5. The number of hydrogen-bond donors (Lipinski definition) is 2. The number of aliphatic hydroxyl groups excluding tert-OH is 1. The molecule has 0 radical (unpaired) electrons. The second-order valence-corrected chi connectivity index (χ2v) is 4.11. The van der Waals surface area contributed by atoms with Crippen molar-refractivity contribution in [2.45, 2.75) is 5.92 Å². The summed E-state index contributed by atoms with van der Waals surface area (Å²) in [6.45, 7) is 0.817. The molecule has 0 aromatic heterocycles. The van der Waals surface area contributed by atoms with E-state index in [0.717, 1.165) is 6.54 Å². The lowest BCUT2D eigenvalue weighted by atomic mass is 9.78. The minimum absolute atomic E-state index is 0.307. The van der Waals surface area contributed by atoms with Crippen molar-refractivity contribution in [2.24, 2.45) is 5.92 Å². The fourth-order valence-electron chi connectivity index (χ4n) is 2.40. The summed E-state index contributed by atoms with van der Waals surface area (Å²) in [5.41, 5.74) is 2.59. The topological polar surface area (TPSA) is 32.3 Å². The van der Waals surface area contributed by atoms with E-state index in [9.17, 15) is 5.11 Å². The maximum atomic E-state index is 9.50. The molecule has 0 amide bonds. The molecule has 1 aliphatic heterocycles. The van der Waals surface area contributed by atoms with Crippen molar-refractivity contribution in [3.8, 4) is 0 Å². The molecular weight excluding hydrogens is 186 g/mol. The summed E-state index contributed by atoms with van der Waals surface area (Å²) in [7, 11) is 0.